The highest BCUT2D eigenvalue weighted by atomic mass is 16.4. The van der Waals surface area contributed by atoms with Crippen LogP contribution in [0, 0.1) is 18.3 Å². The number of piperidine rings is 1. The van der Waals surface area contributed by atoms with Crippen LogP contribution in [0.15, 0.2) is 34.7 Å². The summed E-state index contributed by atoms with van der Waals surface area (Å²) in [7, 11) is 2.06. The van der Waals surface area contributed by atoms with E-state index < -0.39 is 23.8 Å². The van der Waals surface area contributed by atoms with Gasteiger partial charge in [0.2, 0.25) is 23.5 Å². The minimum absolute atomic E-state index is 0.0437. The Morgan fingerprint density at radius 1 is 1.19 bits per heavy atom. The van der Waals surface area contributed by atoms with Gasteiger partial charge >= 0.3 is 0 Å². The van der Waals surface area contributed by atoms with Gasteiger partial charge in [0.15, 0.2) is 5.76 Å². The third-order valence-corrected chi connectivity index (χ3v) is 6.93. The lowest BCUT2D eigenvalue weighted by Gasteiger charge is -2.29. The van der Waals surface area contributed by atoms with E-state index in [1.54, 1.807) is 6.92 Å². The van der Waals surface area contributed by atoms with Gasteiger partial charge in [-0.15, -0.1) is 0 Å². The number of amides is 2. The lowest BCUT2D eigenvalue weighted by molar-refractivity contribution is -0.121. The molecule has 1 saturated heterocycles. The number of rotatable bonds is 13. The Morgan fingerprint density at radius 2 is 1.92 bits per heavy atom. The number of carbonyl (C=O) groups is 3. The van der Waals surface area contributed by atoms with E-state index in [1.807, 2.05) is 30.3 Å². The van der Waals surface area contributed by atoms with E-state index in [0.717, 1.165) is 31.4 Å². The van der Waals surface area contributed by atoms with Crippen molar-refractivity contribution in [3.63, 3.8) is 0 Å². The summed E-state index contributed by atoms with van der Waals surface area (Å²) in [6.07, 6.45) is 6.40. The van der Waals surface area contributed by atoms with Crippen LogP contribution in [0.1, 0.15) is 86.6 Å². The van der Waals surface area contributed by atoms with Gasteiger partial charge in [-0.25, -0.2) is 4.98 Å². The molecule has 8 nitrogen and oxygen atoms in total. The van der Waals surface area contributed by atoms with Crippen LogP contribution < -0.4 is 11.1 Å². The van der Waals surface area contributed by atoms with Crippen LogP contribution >= 0.6 is 0 Å². The molecule has 2 amide bonds. The summed E-state index contributed by atoms with van der Waals surface area (Å²) in [6, 6.07) is 9.10. The Bertz CT molecular complexity index is 1050. The first-order valence-electron chi connectivity index (χ1n) is 13.4. The van der Waals surface area contributed by atoms with Crippen LogP contribution in [0.5, 0.6) is 0 Å². The van der Waals surface area contributed by atoms with E-state index in [0.29, 0.717) is 30.8 Å². The third kappa shape index (κ3) is 8.25. The average molecular weight is 510 g/mol. The molecular formula is C29H41N4O4. The molecule has 0 aliphatic carbocycles. The molecule has 1 aliphatic heterocycles. The Labute approximate surface area is 220 Å². The summed E-state index contributed by atoms with van der Waals surface area (Å²) < 4.78 is 6.21. The fourth-order valence-corrected chi connectivity index (χ4v) is 4.63. The van der Waals surface area contributed by atoms with Crippen LogP contribution in [0.25, 0.3) is 0 Å². The fourth-order valence-electron chi connectivity index (χ4n) is 4.63. The fraction of sp³-hybridized carbons (Fsp3) is 0.552. The van der Waals surface area contributed by atoms with Gasteiger partial charge in [0.1, 0.15) is 0 Å². The molecule has 0 bridgehead atoms. The van der Waals surface area contributed by atoms with E-state index >= 15 is 0 Å². The Balaban J connectivity index is 1.84. The van der Waals surface area contributed by atoms with E-state index in [2.05, 4.69) is 31.1 Å². The lowest BCUT2D eigenvalue weighted by atomic mass is 9.97. The van der Waals surface area contributed by atoms with E-state index in [9.17, 15) is 14.4 Å². The topological polar surface area (TPSA) is 119 Å². The van der Waals surface area contributed by atoms with Crippen molar-refractivity contribution < 1.29 is 18.8 Å². The van der Waals surface area contributed by atoms with Crippen molar-refractivity contribution in [2.75, 3.05) is 13.6 Å². The second-order valence-corrected chi connectivity index (χ2v) is 10.6. The largest absolute Gasteiger partial charge is 0.435 e. The molecule has 3 rings (SSSR count). The van der Waals surface area contributed by atoms with E-state index in [4.69, 9.17) is 15.1 Å². The molecule has 1 aromatic heterocycles. The van der Waals surface area contributed by atoms with E-state index in [-0.39, 0.29) is 29.9 Å². The van der Waals surface area contributed by atoms with Crippen molar-refractivity contribution in [1.29, 1.82) is 0 Å². The van der Waals surface area contributed by atoms with E-state index in [1.165, 1.54) is 6.42 Å². The first-order chi connectivity index (χ1) is 17.7. The van der Waals surface area contributed by atoms with Gasteiger partial charge in [0.05, 0.1) is 24.2 Å². The number of oxazole rings is 1. The SMILES string of the molecule is CC(C)Cc1nc(C2CCCCN2C)oc1C(=O)C(CCc1ccccc1)NC(=O)[CH]CC(C)C(N)=O. The number of benzene rings is 1. The van der Waals surface area contributed by atoms with Crippen LogP contribution in [0.4, 0.5) is 0 Å². The molecule has 8 heteroatoms. The zero-order valence-electron chi connectivity index (χ0n) is 22.5. The zero-order valence-corrected chi connectivity index (χ0v) is 22.5. The lowest BCUT2D eigenvalue weighted by Crippen LogP contribution is -2.42. The molecule has 3 unspecified atom stereocenters. The molecule has 0 saturated carbocycles. The third-order valence-electron chi connectivity index (χ3n) is 6.93. The summed E-state index contributed by atoms with van der Waals surface area (Å²) >= 11 is 0. The number of nitrogens with zero attached hydrogens (tertiary/aromatic N) is 2. The molecule has 2 heterocycles. The van der Waals surface area contributed by atoms with Gasteiger partial charge in [-0.05, 0) is 63.6 Å². The molecular weight excluding hydrogens is 468 g/mol. The molecule has 37 heavy (non-hydrogen) atoms. The Morgan fingerprint density at radius 3 is 2.57 bits per heavy atom. The maximum Gasteiger partial charge on any atom is 0.224 e. The van der Waals surface area contributed by atoms with Gasteiger partial charge in [-0.3, -0.25) is 19.3 Å². The molecule has 1 radical (unpaired) electrons. The number of aryl methyl sites for hydroxylation is 1. The normalized spacial score (nSPS) is 17.9. The first-order valence-corrected chi connectivity index (χ1v) is 13.4. The molecule has 3 N–H and O–H groups in total. The van der Waals surface area contributed by atoms with Crippen molar-refractivity contribution >= 4 is 17.6 Å². The zero-order chi connectivity index (χ0) is 26.9. The second-order valence-electron chi connectivity index (χ2n) is 10.6. The van der Waals surface area contributed by atoms with Gasteiger partial charge in [-0.1, -0.05) is 57.5 Å². The molecule has 1 aliphatic rings. The minimum atomic E-state index is -0.788. The number of nitrogens with one attached hydrogen (secondary N) is 1. The quantitative estimate of drug-likeness (QED) is 0.393. The highest BCUT2D eigenvalue weighted by Gasteiger charge is 2.32. The Hall–Kier alpha value is -3.00. The van der Waals surface area contributed by atoms with Crippen molar-refractivity contribution in [2.24, 2.45) is 17.6 Å². The van der Waals surface area contributed by atoms with Crippen molar-refractivity contribution in [2.45, 2.75) is 77.8 Å². The number of ketones is 1. The maximum atomic E-state index is 13.9. The molecule has 1 aromatic carbocycles. The predicted molar refractivity (Wildman–Crippen MR) is 143 cm³/mol. The molecule has 2 aromatic rings. The number of aromatic nitrogens is 1. The number of nitrogens with two attached hydrogens (primary N) is 1. The smallest absolute Gasteiger partial charge is 0.224 e. The second kappa shape index (κ2) is 13.5. The number of likely N-dealkylation sites (tertiary alicyclic amines) is 1. The number of primary amides is 1. The van der Waals surface area contributed by atoms with Gasteiger partial charge in [-0.2, -0.15) is 0 Å². The van der Waals surface area contributed by atoms with Crippen LogP contribution in [-0.4, -0.2) is 47.1 Å². The number of carbonyl (C=O) groups excluding carboxylic acids is 3. The summed E-state index contributed by atoms with van der Waals surface area (Å²) in [5, 5.41) is 2.86. The highest BCUT2D eigenvalue weighted by molar-refractivity contribution is 6.01. The average Bonchev–Trinajstić information content (AvgIpc) is 3.28. The predicted octanol–water partition coefficient (Wildman–Crippen LogP) is 4.05. The number of Topliss-reactive ketones (excluding diaryl/α,β-unsaturated/α-hetero) is 1. The van der Waals surface area contributed by atoms with Crippen molar-refractivity contribution in [3.05, 3.63) is 59.7 Å². The van der Waals surface area contributed by atoms with Crippen molar-refractivity contribution in [3.8, 4) is 0 Å². The van der Waals surface area contributed by atoms with Crippen molar-refractivity contribution in [1.82, 2.24) is 15.2 Å². The maximum absolute atomic E-state index is 13.9. The monoisotopic (exact) mass is 509 g/mol. The Kier molecular flexibility index (Phi) is 10.4. The molecule has 3 atom stereocenters. The minimum Gasteiger partial charge on any atom is -0.435 e. The molecule has 1 fully saturated rings. The summed E-state index contributed by atoms with van der Waals surface area (Å²) in [6.45, 7) is 6.80. The first kappa shape index (κ1) is 28.6. The van der Waals surface area contributed by atoms with Crippen LogP contribution in [0.2, 0.25) is 0 Å². The number of hydrogen-bond acceptors (Lipinski definition) is 6. The van der Waals surface area contributed by atoms with Crippen LogP contribution in [-0.2, 0) is 22.4 Å². The standard InChI is InChI=1S/C29H41N4O4/c1-19(2)18-23-27(37-29(32-23)24-12-8-9-17-33(24)4)26(35)22(15-14-21-10-6-5-7-11-21)31-25(34)16-13-20(3)28(30)36/h5-7,10-11,16,19-20,22,24H,8-9,12-15,17-18H2,1-4H3,(H2,30,36)(H,31,34). The van der Waals surface area contributed by atoms with Gasteiger partial charge in [0, 0.05) is 5.92 Å². The summed E-state index contributed by atoms with van der Waals surface area (Å²) in [5.74, 6) is -0.505. The number of hydrogen-bond donors (Lipinski definition) is 2. The van der Waals surface area contributed by atoms with Gasteiger partial charge < -0.3 is 15.5 Å². The highest BCUT2D eigenvalue weighted by Crippen LogP contribution is 2.31. The van der Waals surface area contributed by atoms with Gasteiger partial charge in [0.25, 0.3) is 0 Å². The molecule has 0 spiro atoms. The summed E-state index contributed by atoms with van der Waals surface area (Å²) in [4.78, 5) is 45.0. The molecule has 201 valence electrons. The van der Waals surface area contributed by atoms with Crippen LogP contribution in [0.3, 0.4) is 0 Å². The summed E-state index contributed by atoms with van der Waals surface area (Å²) in [5.41, 5.74) is 7.05.